The Labute approximate surface area is 212 Å². The Kier molecular flexibility index (Phi) is 6.81. The van der Waals surface area contributed by atoms with Gasteiger partial charge in [-0.2, -0.15) is 0 Å². The van der Waals surface area contributed by atoms with Gasteiger partial charge in [-0.15, -0.1) is 0 Å². The molecule has 1 heterocycles. The summed E-state index contributed by atoms with van der Waals surface area (Å²) in [5.74, 6) is -2.00. The number of hydrogen-bond donors (Lipinski definition) is 3. The number of aromatic hydroxyl groups is 2. The van der Waals surface area contributed by atoms with Gasteiger partial charge in [-0.05, 0) is 73.5 Å². The molecule has 186 valence electrons. The second-order valence-corrected chi connectivity index (χ2v) is 8.58. The quantitative estimate of drug-likeness (QED) is 0.240. The van der Waals surface area contributed by atoms with Crippen LogP contribution < -0.4 is 14.4 Å². The summed E-state index contributed by atoms with van der Waals surface area (Å²) in [6, 6.07) is 12.2. The Morgan fingerprint density at radius 3 is 2.39 bits per heavy atom. The average Bonchev–Trinajstić information content (AvgIpc) is 3.12. The zero-order valence-electron chi connectivity index (χ0n) is 19.8. The fourth-order valence-electron chi connectivity index (χ4n) is 4.24. The molecule has 0 spiro atoms. The molecule has 4 rings (SSSR count). The SMILES string of the molecule is CCOc1cc(C2/C(=C(\O)c3ccc(OC)c(C)c3)C(=O)C(=O)N2c2cc(Cl)ccc2O)ccc1O. The number of rotatable bonds is 6. The highest BCUT2D eigenvalue weighted by Crippen LogP contribution is 2.46. The van der Waals surface area contributed by atoms with E-state index in [-0.39, 0.29) is 40.1 Å². The van der Waals surface area contributed by atoms with Crippen molar-refractivity contribution < 1.29 is 34.4 Å². The molecule has 3 aromatic carbocycles. The molecular formula is C27H24ClNO7. The minimum absolute atomic E-state index is 0.00871. The van der Waals surface area contributed by atoms with Crippen LogP contribution in [0.4, 0.5) is 5.69 Å². The largest absolute Gasteiger partial charge is 0.507 e. The number of aryl methyl sites for hydroxylation is 1. The standard InChI is InChI=1S/C27H24ClNO7/c1-4-36-22-12-15(5-8-20(22)31)24-23(25(32)16-6-10-21(35-3)14(2)11-16)26(33)27(34)29(24)18-13-17(28)7-9-19(18)30/h5-13,24,30-32H,4H2,1-3H3/b25-23+. The number of phenols is 2. The van der Waals surface area contributed by atoms with Crippen molar-refractivity contribution in [3.05, 3.63) is 81.9 Å². The molecule has 36 heavy (non-hydrogen) atoms. The summed E-state index contributed by atoms with van der Waals surface area (Å²) < 4.78 is 10.8. The number of aliphatic hydroxyl groups excluding tert-OH is 1. The molecule has 0 radical (unpaired) electrons. The lowest BCUT2D eigenvalue weighted by Gasteiger charge is -2.26. The Morgan fingerprint density at radius 2 is 1.72 bits per heavy atom. The molecule has 1 atom stereocenters. The summed E-state index contributed by atoms with van der Waals surface area (Å²) in [4.78, 5) is 27.7. The van der Waals surface area contributed by atoms with Crippen molar-refractivity contribution in [3.8, 4) is 23.0 Å². The van der Waals surface area contributed by atoms with E-state index in [9.17, 15) is 24.9 Å². The smallest absolute Gasteiger partial charge is 0.300 e. The van der Waals surface area contributed by atoms with Gasteiger partial charge >= 0.3 is 0 Å². The molecule has 0 saturated carbocycles. The third-order valence-electron chi connectivity index (χ3n) is 5.91. The monoisotopic (exact) mass is 509 g/mol. The van der Waals surface area contributed by atoms with Crippen LogP contribution in [-0.2, 0) is 9.59 Å². The maximum Gasteiger partial charge on any atom is 0.300 e. The average molecular weight is 510 g/mol. The Balaban J connectivity index is 1.99. The summed E-state index contributed by atoms with van der Waals surface area (Å²) in [5.41, 5.74) is 1.17. The number of carbonyl (C=O) groups excluding carboxylic acids is 2. The number of halogens is 1. The van der Waals surface area contributed by atoms with Crippen molar-refractivity contribution in [1.82, 2.24) is 0 Å². The number of aliphatic hydroxyl groups is 1. The predicted octanol–water partition coefficient (Wildman–Crippen LogP) is 5.09. The lowest BCUT2D eigenvalue weighted by atomic mass is 9.94. The number of ketones is 1. The molecule has 1 saturated heterocycles. The van der Waals surface area contributed by atoms with Gasteiger partial charge in [0.25, 0.3) is 11.7 Å². The van der Waals surface area contributed by atoms with Gasteiger partial charge < -0.3 is 24.8 Å². The van der Waals surface area contributed by atoms with Crippen molar-refractivity contribution in [1.29, 1.82) is 0 Å². The fourth-order valence-corrected chi connectivity index (χ4v) is 4.41. The van der Waals surface area contributed by atoms with Crippen LogP contribution in [0.25, 0.3) is 5.76 Å². The molecule has 1 unspecified atom stereocenters. The second kappa shape index (κ2) is 9.83. The minimum Gasteiger partial charge on any atom is -0.507 e. The van der Waals surface area contributed by atoms with Crippen molar-refractivity contribution in [2.24, 2.45) is 0 Å². The van der Waals surface area contributed by atoms with Crippen LogP contribution in [-0.4, -0.2) is 40.7 Å². The van der Waals surface area contributed by atoms with Gasteiger partial charge in [0, 0.05) is 10.6 Å². The van der Waals surface area contributed by atoms with Gasteiger partial charge in [0.1, 0.15) is 17.3 Å². The summed E-state index contributed by atoms with van der Waals surface area (Å²) in [6.07, 6.45) is 0. The molecule has 9 heteroatoms. The molecular weight excluding hydrogens is 486 g/mol. The van der Waals surface area contributed by atoms with E-state index in [0.717, 1.165) is 4.90 Å². The highest BCUT2D eigenvalue weighted by molar-refractivity contribution is 6.52. The van der Waals surface area contributed by atoms with Crippen LogP contribution in [0.2, 0.25) is 5.02 Å². The number of carbonyl (C=O) groups is 2. The van der Waals surface area contributed by atoms with E-state index >= 15 is 0 Å². The van der Waals surface area contributed by atoms with Gasteiger partial charge in [-0.3, -0.25) is 14.5 Å². The number of amides is 1. The summed E-state index contributed by atoms with van der Waals surface area (Å²) in [7, 11) is 1.52. The predicted molar refractivity (Wildman–Crippen MR) is 135 cm³/mol. The third kappa shape index (κ3) is 4.31. The van der Waals surface area contributed by atoms with Gasteiger partial charge in [-0.25, -0.2) is 0 Å². The van der Waals surface area contributed by atoms with Crippen LogP contribution >= 0.6 is 11.6 Å². The van der Waals surface area contributed by atoms with Crippen LogP contribution in [0.3, 0.4) is 0 Å². The van der Waals surface area contributed by atoms with Gasteiger partial charge in [0.15, 0.2) is 11.5 Å². The number of benzene rings is 3. The summed E-state index contributed by atoms with van der Waals surface area (Å²) in [5, 5.41) is 32.3. The number of anilines is 1. The Morgan fingerprint density at radius 1 is 1.00 bits per heavy atom. The number of hydrogen-bond acceptors (Lipinski definition) is 7. The highest BCUT2D eigenvalue weighted by atomic mass is 35.5. The van der Waals surface area contributed by atoms with Crippen molar-refractivity contribution in [2.45, 2.75) is 19.9 Å². The lowest BCUT2D eigenvalue weighted by Crippen LogP contribution is -2.29. The van der Waals surface area contributed by atoms with Gasteiger partial charge in [0.05, 0.1) is 31.0 Å². The molecule has 3 aromatic rings. The van der Waals surface area contributed by atoms with E-state index in [2.05, 4.69) is 0 Å². The van der Waals surface area contributed by atoms with E-state index < -0.39 is 23.5 Å². The number of ether oxygens (including phenoxy) is 2. The highest BCUT2D eigenvalue weighted by Gasteiger charge is 2.48. The van der Waals surface area contributed by atoms with Crippen LogP contribution in [0.5, 0.6) is 23.0 Å². The van der Waals surface area contributed by atoms with Crippen molar-refractivity contribution in [2.75, 3.05) is 18.6 Å². The first-order valence-corrected chi connectivity index (χ1v) is 11.5. The second-order valence-electron chi connectivity index (χ2n) is 8.15. The van der Waals surface area contributed by atoms with Gasteiger partial charge in [-0.1, -0.05) is 17.7 Å². The van der Waals surface area contributed by atoms with Gasteiger partial charge in [0.2, 0.25) is 0 Å². The lowest BCUT2D eigenvalue weighted by molar-refractivity contribution is -0.132. The first kappa shape index (κ1) is 24.9. The molecule has 1 aliphatic heterocycles. The summed E-state index contributed by atoms with van der Waals surface area (Å²) >= 11 is 6.14. The Hall–Kier alpha value is -4.17. The third-order valence-corrected chi connectivity index (χ3v) is 6.14. The maximum atomic E-state index is 13.3. The molecule has 8 nitrogen and oxygen atoms in total. The van der Waals surface area contributed by atoms with E-state index in [1.165, 1.54) is 43.5 Å². The number of Topliss-reactive ketones (excluding diaryl/α,β-unsaturated/α-hetero) is 1. The normalized spacial score (nSPS) is 16.9. The molecule has 0 aromatic heterocycles. The molecule has 1 amide bonds. The topological polar surface area (TPSA) is 117 Å². The number of methoxy groups -OCH3 is 1. The first-order valence-electron chi connectivity index (χ1n) is 11.1. The summed E-state index contributed by atoms with van der Waals surface area (Å²) in [6.45, 7) is 3.79. The Bertz CT molecular complexity index is 1400. The molecule has 1 fully saturated rings. The van der Waals surface area contributed by atoms with Crippen LogP contribution in [0, 0.1) is 6.92 Å². The zero-order valence-corrected chi connectivity index (χ0v) is 20.5. The van der Waals surface area contributed by atoms with E-state index in [4.69, 9.17) is 21.1 Å². The molecule has 0 bridgehead atoms. The van der Waals surface area contributed by atoms with Crippen molar-refractivity contribution in [3.63, 3.8) is 0 Å². The maximum absolute atomic E-state index is 13.3. The number of phenolic OH excluding ortho intramolecular Hbond substituents is 2. The zero-order chi connectivity index (χ0) is 26.1. The minimum atomic E-state index is -1.16. The number of nitrogens with zero attached hydrogens (tertiary/aromatic N) is 1. The van der Waals surface area contributed by atoms with Crippen LogP contribution in [0.15, 0.2) is 60.2 Å². The molecule has 0 aliphatic carbocycles. The fraction of sp³-hybridized carbons (Fsp3) is 0.185. The molecule has 1 aliphatic rings. The molecule has 3 N–H and O–H groups in total. The van der Waals surface area contributed by atoms with Crippen molar-refractivity contribution >= 4 is 34.7 Å². The first-order chi connectivity index (χ1) is 17.2. The van der Waals surface area contributed by atoms with E-state index in [1.54, 1.807) is 32.0 Å². The van der Waals surface area contributed by atoms with Crippen LogP contribution in [0.1, 0.15) is 29.7 Å². The van der Waals surface area contributed by atoms with E-state index in [0.29, 0.717) is 22.4 Å². The van der Waals surface area contributed by atoms with E-state index in [1.807, 2.05) is 0 Å².